The molecule has 0 bridgehead atoms. The van der Waals surface area contributed by atoms with Crippen LogP contribution in [0.2, 0.25) is 0 Å². The van der Waals surface area contributed by atoms with Crippen LogP contribution in [0.4, 0.5) is 11.4 Å². The van der Waals surface area contributed by atoms with Crippen molar-refractivity contribution in [2.75, 3.05) is 37.9 Å². The van der Waals surface area contributed by atoms with Crippen molar-refractivity contribution in [3.63, 3.8) is 0 Å². The molecule has 0 fully saturated rings. The molecule has 2 rings (SSSR count). The minimum atomic E-state index is -0.156. The second kappa shape index (κ2) is 10.5. The van der Waals surface area contributed by atoms with Crippen molar-refractivity contribution in [2.45, 2.75) is 26.2 Å². The highest BCUT2D eigenvalue weighted by molar-refractivity contribution is 5.93. The van der Waals surface area contributed by atoms with Crippen LogP contribution in [-0.4, -0.2) is 39.1 Å². The molecule has 0 saturated heterocycles. The van der Waals surface area contributed by atoms with Gasteiger partial charge in [0.2, 0.25) is 0 Å². The lowest BCUT2D eigenvalue weighted by atomic mass is 9.99. The molecular formula is C22H30N3O3+. The maximum atomic E-state index is 12.2. The molecule has 0 radical (unpaired) electrons. The van der Waals surface area contributed by atoms with Gasteiger partial charge in [-0.05, 0) is 42.2 Å². The predicted octanol–water partition coefficient (Wildman–Crippen LogP) is 2.30. The Morgan fingerprint density at radius 3 is 2.18 bits per heavy atom. The van der Waals surface area contributed by atoms with Gasteiger partial charge in [0, 0.05) is 17.4 Å². The van der Waals surface area contributed by atoms with Crippen molar-refractivity contribution in [3.8, 4) is 5.75 Å². The summed E-state index contributed by atoms with van der Waals surface area (Å²) in [6.07, 6.45) is 1.08. The molecule has 150 valence electrons. The molecule has 6 nitrogen and oxygen atoms in total. The van der Waals surface area contributed by atoms with Crippen LogP contribution < -0.4 is 20.3 Å². The highest BCUT2D eigenvalue weighted by atomic mass is 16.5. The predicted molar refractivity (Wildman–Crippen MR) is 112 cm³/mol. The number of carbonyl (C=O) groups is 2. The number of nitrogens with one attached hydrogen (secondary N) is 3. The number of hydrogen-bond donors (Lipinski definition) is 3. The SMILES string of the molecule is CC[C@H](C)c1ccc(NC(=O)C[NH+](C)CC(=O)Nc2cccc(OC)c2)cc1. The van der Waals surface area contributed by atoms with Crippen LogP contribution in [0.15, 0.2) is 48.5 Å². The van der Waals surface area contributed by atoms with Crippen LogP contribution in [0, 0.1) is 0 Å². The summed E-state index contributed by atoms with van der Waals surface area (Å²) in [5.74, 6) is 0.903. The number of anilines is 2. The number of likely N-dealkylation sites (N-methyl/N-ethyl adjacent to an activating group) is 1. The van der Waals surface area contributed by atoms with Gasteiger partial charge in [0.15, 0.2) is 13.1 Å². The maximum absolute atomic E-state index is 12.2. The van der Waals surface area contributed by atoms with Crippen LogP contribution in [0.25, 0.3) is 0 Å². The highest BCUT2D eigenvalue weighted by Gasteiger charge is 2.15. The average molecular weight is 385 g/mol. The number of quaternary nitrogens is 1. The normalized spacial score (nSPS) is 12.7. The van der Waals surface area contributed by atoms with Gasteiger partial charge in [-0.25, -0.2) is 0 Å². The summed E-state index contributed by atoms with van der Waals surface area (Å²) in [6, 6.07) is 15.1. The van der Waals surface area contributed by atoms with E-state index in [-0.39, 0.29) is 24.9 Å². The fraction of sp³-hybridized carbons (Fsp3) is 0.364. The Balaban J connectivity index is 1.80. The molecule has 0 aliphatic rings. The van der Waals surface area contributed by atoms with Gasteiger partial charge in [0.05, 0.1) is 14.2 Å². The molecule has 2 aromatic rings. The number of amides is 2. The lowest BCUT2D eigenvalue weighted by Gasteiger charge is -2.14. The Morgan fingerprint density at radius 2 is 1.61 bits per heavy atom. The number of hydrogen-bond acceptors (Lipinski definition) is 3. The van der Waals surface area contributed by atoms with E-state index in [1.54, 1.807) is 19.2 Å². The number of benzene rings is 2. The van der Waals surface area contributed by atoms with E-state index in [0.717, 1.165) is 17.0 Å². The highest BCUT2D eigenvalue weighted by Crippen LogP contribution is 2.20. The third-order valence-electron chi connectivity index (χ3n) is 4.65. The molecule has 3 N–H and O–H groups in total. The molecular weight excluding hydrogens is 354 g/mol. The lowest BCUT2D eigenvalue weighted by molar-refractivity contribution is -0.862. The van der Waals surface area contributed by atoms with Crippen LogP contribution in [0.5, 0.6) is 5.75 Å². The third kappa shape index (κ3) is 6.70. The molecule has 2 atom stereocenters. The maximum Gasteiger partial charge on any atom is 0.279 e. The third-order valence-corrected chi connectivity index (χ3v) is 4.65. The second-order valence-electron chi connectivity index (χ2n) is 7.07. The molecule has 2 aromatic carbocycles. The van der Waals surface area contributed by atoms with E-state index in [4.69, 9.17) is 4.74 Å². The minimum absolute atomic E-state index is 0.122. The van der Waals surface area contributed by atoms with Gasteiger partial charge in [-0.3, -0.25) is 9.59 Å². The van der Waals surface area contributed by atoms with Crippen molar-refractivity contribution in [1.29, 1.82) is 0 Å². The topological polar surface area (TPSA) is 71.9 Å². The van der Waals surface area contributed by atoms with Crippen molar-refractivity contribution in [3.05, 3.63) is 54.1 Å². The molecule has 2 amide bonds. The molecule has 0 spiro atoms. The molecule has 28 heavy (non-hydrogen) atoms. The zero-order chi connectivity index (χ0) is 20.5. The summed E-state index contributed by atoms with van der Waals surface area (Å²) >= 11 is 0. The summed E-state index contributed by atoms with van der Waals surface area (Å²) in [7, 11) is 3.40. The molecule has 0 saturated carbocycles. The van der Waals surface area contributed by atoms with Gasteiger partial charge in [0.1, 0.15) is 5.75 Å². The first-order chi connectivity index (χ1) is 13.4. The van der Waals surface area contributed by atoms with E-state index in [0.29, 0.717) is 17.4 Å². The first-order valence-electron chi connectivity index (χ1n) is 9.56. The smallest absolute Gasteiger partial charge is 0.279 e. The molecule has 0 aromatic heterocycles. The van der Waals surface area contributed by atoms with Gasteiger partial charge in [0.25, 0.3) is 11.8 Å². The Kier molecular flexibility index (Phi) is 8.02. The summed E-state index contributed by atoms with van der Waals surface area (Å²) in [5.41, 5.74) is 2.70. The molecule has 0 heterocycles. The van der Waals surface area contributed by atoms with Crippen molar-refractivity contribution in [1.82, 2.24) is 0 Å². The Hall–Kier alpha value is -2.86. The first-order valence-corrected chi connectivity index (χ1v) is 9.56. The Morgan fingerprint density at radius 1 is 1.00 bits per heavy atom. The minimum Gasteiger partial charge on any atom is -0.497 e. The van der Waals surface area contributed by atoms with Gasteiger partial charge in [-0.2, -0.15) is 0 Å². The van der Waals surface area contributed by atoms with Crippen LogP contribution in [0.3, 0.4) is 0 Å². The van der Waals surface area contributed by atoms with Gasteiger partial charge < -0.3 is 20.3 Å². The molecule has 6 heteroatoms. The molecule has 1 unspecified atom stereocenters. The van der Waals surface area contributed by atoms with Crippen molar-refractivity contribution in [2.24, 2.45) is 0 Å². The van der Waals surface area contributed by atoms with E-state index < -0.39 is 0 Å². The Labute approximate surface area is 166 Å². The van der Waals surface area contributed by atoms with Crippen LogP contribution >= 0.6 is 0 Å². The van der Waals surface area contributed by atoms with Crippen LogP contribution in [0.1, 0.15) is 31.7 Å². The molecule has 0 aliphatic heterocycles. The summed E-state index contributed by atoms with van der Waals surface area (Å²) in [4.78, 5) is 25.2. The number of methoxy groups -OCH3 is 1. The van der Waals surface area contributed by atoms with Crippen LogP contribution in [-0.2, 0) is 9.59 Å². The molecule has 0 aliphatic carbocycles. The van der Waals surface area contributed by atoms with E-state index in [1.807, 2.05) is 43.4 Å². The van der Waals surface area contributed by atoms with Crippen molar-refractivity contribution >= 4 is 23.2 Å². The summed E-state index contributed by atoms with van der Waals surface area (Å²) in [5, 5.41) is 5.71. The average Bonchev–Trinajstić information content (AvgIpc) is 2.67. The first kappa shape index (κ1) is 21.4. The van der Waals surface area contributed by atoms with Gasteiger partial charge in [-0.15, -0.1) is 0 Å². The summed E-state index contributed by atoms with van der Waals surface area (Å²) < 4.78 is 5.14. The van der Waals surface area contributed by atoms with Crippen molar-refractivity contribution < 1.29 is 19.2 Å². The zero-order valence-corrected chi connectivity index (χ0v) is 17.0. The Bertz CT molecular complexity index is 790. The van der Waals surface area contributed by atoms with Gasteiger partial charge in [-0.1, -0.05) is 32.0 Å². The second-order valence-corrected chi connectivity index (χ2v) is 7.07. The van der Waals surface area contributed by atoms with E-state index in [2.05, 4.69) is 24.5 Å². The fourth-order valence-corrected chi connectivity index (χ4v) is 2.85. The zero-order valence-electron chi connectivity index (χ0n) is 17.0. The monoisotopic (exact) mass is 384 g/mol. The number of ether oxygens (including phenoxy) is 1. The quantitative estimate of drug-likeness (QED) is 0.621. The van der Waals surface area contributed by atoms with E-state index in [9.17, 15) is 9.59 Å². The van der Waals surface area contributed by atoms with Gasteiger partial charge >= 0.3 is 0 Å². The van der Waals surface area contributed by atoms with E-state index in [1.165, 1.54) is 5.56 Å². The fourth-order valence-electron chi connectivity index (χ4n) is 2.85. The van der Waals surface area contributed by atoms with E-state index >= 15 is 0 Å². The summed E-state index contributed by atoms with van der Waals surface area (Å²) in [6.45, 7) is 4.74. The largest absolute Gasteiger partial charge is 0.497 e. The number of rotatable bonds is 9. The standard InChI is InChI=1S/C22H29N3O3/c1-5-16(2)17-9-11-18(12-10-17)23-21(26)14-25(3)15-22(27)24-19-7-6-8-20(13-19)28-4/h6-13,16H,5,14-15H2,1-4H3,(H,23,26)(H,24,27)/p+1/t16-/m0/s1. The number of carbonyl (C=O) groups excluding carboxylic acids is 2. The lowest BCUT2D eigenvalue weighted by Crippen LogP contribution is -3.11.